The highest BCUT2D eigenvalue weighted by molar-refractivity contribution is 6.31. The largest absolute Gasteiger partial charge is 0.340 e. The lowest BCUT2D eigenvalue weighted by atomic mass is 10.2. The zero-order valence-electron chi connectivity index (χ0n) is 14.2. The molecule has 2 aromatic carbocycles. The molecule has 1 heterocycles. The fraction of sp³-hybridized carbons (Fsp3) is 0.105. The van der Waals surface area contributed by atoms with Crippen LogP contribution in [-0.4, -0.2) is 15.9 Å². The highest BCUT2D eigenvalue weighted by atomic mass is 35.5. The maximum absolute atomic E-state index is 13.2. The number of nitrogens with zero attached hydrogens (tertiary/aromatic N) is 2. The van der Waals surface area contributed by atoms with Crippen LogP contribution in [0, 0.1) is 19.7 Å². The lowest BCUT2D eigenvalue weighted by Gasteiger charge is -2.10. The zero-order valence-corrected chi connectivity index (χ0v) is 14.9. The zero-order chi connectivity index (χ0) is 18.7. The van der Waals surface area contributed by atoms with Crippen molar-refractivity contribution in [2.24, 2.45) is 0 Å². The van der Waals surface area contributed by atoms with Crippen molar-refractivity contribution in [2.45, 2.75) is 13.8 Å². The highest BCUT2D eigenvalue weighted by Gasteiger charge is 2.12. The summed E-state index contributed by atoms with van der Waals surface area (Å²) in [6.07, 6.45) is 0. The number of aryl methyl sites for hydroxylation is 2. The number of rotatable bonds is 4. The number of aromatic nitrogens is 2. The third kappa shape index (κ3) is 4.34. The fourth-order valence-corrected chi connectivity index (χ4v) is 2.48. The van der Waals surface area contributed by atoms with E-state index in [1.54, 1.807) is 13.0 Å². The first-order chi connectivity index (χ1) is 12.4. The molecule has 1 aromatic heterocycles. The number of nitrogens with one attached hydrogen (secondary N) is 2. The summed E-state index contributed by atoms with van der Waals surface area (Å²) in [6.45, 7) is 3.70. The Morgan fingerprint density at radius 2 is 1.69 bits per heavy atom. The molecule has 0 aliphatic rings. The first-order valence-electron chi connectivity index (χ1n) is 7.86. The lowest BCUT2D eigenvalue weighted by Crippen LogP contribution is -2.15. The van der Waals surface area contributed by atoms with E-state index in [-0.39, 0.29) is 10.7 Å². The van der Waals surface area contributed by atoms with Gasteiger partial charge in [0.2, 0.25) is 0 Å². The number of amides is 1. The van der Waals surface area contributed by atoms with E-state index in [2.05, 4.69) is 20.6 Å². The minimum absolute atomic E-state index is 0.0663. The number of hydrogen-bond donors (Lipinski definition) is 2. The molecule has 0 saturated heterocycles. The summed E-state index contributed by atoms with van der Waals surface area (Å²) < 4.78 is 13.2. The number of benzene rings is 2. The molecule has 0 saturated carbocycles. The molecule has 0 atom stereocenters. The van der Waals surface area contributed by atoms with Gasteiger partial charge in [0, 0.05) is 17.4 Å². The van der Waals surface area contributed by atoms with Crippen LogP contribution >= 0.6 is 11.6 Å². The van der Waals surface area contributed by atoms with Crippen LogP contribution in [0.15, 0.2) is 48.5 Å². The van der Waals surface area contributed by atoms with Crippen LogP contribution in [0.1, 0.15) is 21.9 Å². The monoisotopic (exact) mass is 370 g/mol. The van der Waals surface area contributed by atoms with Gasteiger partial charge in [-0.15, -0.1) is 0 Å². The van der Waals surface area contributed by atoms with E-state index in [9.17, 15) is 9.18 Å². The molecule has 26 heavy (non-hydrogen) atoms. The molecule has 0 unspecified atom stereocenters. The van der Waals surface area contributed by atoms with Gasteiger partial charge in [-0.25, -0.2) is 14.4 Å². The second kappa shape index (κ2) is 7.49. The summed E-state index contributed by atoms with van der Waals surface area (Å²) in [5, 5.41) is 5.72. The average Bonchev–Trinajstić information content (AvgIpc) is 2.60. The molecule has 0 spiro atoms. The van der Waals surface area contributed by atoms with Gasteiger partial charge in [-0.05, 0) is 44.2 Å². The normalized spacial score (nSPS) is 10.5. The minimum atomic E-state index is -0.549. The van der Waals surface area contributed by atoms with Crippen molar-refractivity contribution in [2.75, 3.05) is 10.6 Å². The average molecular weight is 371 g/mol. The molecule has 2 N–H and O–H groups in total. The van der Waals surface area contributed by atoms with Gasteiger partial charge in [-0.3, -0.25) is 4.79 Å². The minimum Gasteiger partial charge on any atom is -0.340 e. The molecular weight excluding hydrogens is 355 g/mol. The van der Waals surface area contributed by atoms with Crippen LogP contribution in [0.3, 0.4) is 0 Å². The van der Waals surface area contributed by atoms with Crippen LogP contribution in [0.25, 0.3) is 0 Å². The number of halogens is 2. The number of carbonyl (C=O) groups excluding carboxylic acids is 1. The van der Waals surface area contributed by atoms with Crippen LogP contribution in [0.5, 0.6) is 0 Å². The van der Waals surface area contributed by atoms with Gasteiger partial charge in [0.05, 0.1) is 5.02 Å². The van der Waals surface area contributed by atoms with Gasteiger partial charge in [-0.2, -0.15) is 0 Å². The van der Waals surface area contributed by atoms with Crippen LogP contribution in [0.4, 0.5) is 21.6 Å². The van der Waals surface area contributed by atoms with Crippen molar-refractivity contribution in [3.05, 3.63) is 76.5 Å². The molecule has 0 radical (unpaired) electrons. The molecule has 3 rings (SSSR count). The second-order valence-corrected chi connectivity index (χ2v) is 6.17. The van der Waals surface area contributed by atoms with Crippen LogP contribution < -0.4 is 10.6 Å². The molecule has 0 aliphatic carbocycles. The van der Waals surface area contributed by atoms with Crippen LogP contribution in [-0.2, 0) is 0 Å². The first-order valence-corrected chi connectivity index (χ1v) is 8.24. The highest BCUT2D eigenvalue weighted by Crippen LogP contribution is 2.21. The van der Waals surface area contributed by atoms with Gasteiger partial charge in [0.25, 0.3) is 5.91 Å². The maximum Gasteiger partial charge on any atom is 0.274 e. The SMILES string of the molecule is Cc1ccc(Nc2cc(C(=O)Nc3ccc(F)c(Cl)c3)nc(C)n2)cc1. The van der Waals surface area contributed by atoms with Crippen molar-refractivity contribution < 1.29 is 9.18 Å². The van der Waals surface area contributed by atoms with E-state index in [1.165, 1.54) is 18.2 Å². The van der Waals surface area contributed by atoms with Crippen molar-refractivity contribution >= 4 is 34.7 Å². The van der Waals surface area contributed by atoms with E-state index in [0.29, 0.717) is 17.3 Å². The van der Waals surface area contributed by atoms with E-state index < -0.39 is 11.7 Å². The van der Waals surface area contributed by atoms with Gasteiger partial charge in [0.15, 0.2) is 0 Å². The van der Waals surface area contributed by atoms with Crippen LogP contribution in [0.2, 0.25) is 5.02 Å². The number of carbonyl (C=O) groups is 1. The Labute approximate surface area is 155 Å². The topological polar surface area (TPSA) is 66.9 Å². The molecule has 5 nitrogen and oxygen atoms in total. The molecular formula is C19H16ClFN4O. The van der Waals surface area contributed by atoms with Gasteiger partial charge < -0.3 is 10.6 Å². The Balaban J connectivity index is 1.80. The summed E-state index contributed by atoms with van der Waals surface area (Å²) in [5.41, 5.74) is 2.57. The third-order valence-corrected chi connectivity index (χ3v) is 3.86. The molecule has 1 amide bonds. The Hall–Kier alpha value is -2.99. The van der Waals surface area contributed by atoms with E-state index in [1.807, 2.05) is 31.2 Å². The van der Waals surface area contributed by atoms with E-state index >= 15 is 0 Å². The molecule has 7 heteroatoms. The van der Waals surface area contributed by atoms with E-state index in [4.69, 9.17) is 11.6 Å². The second-order valence-electron chi connectivity index (χ2n) is 5.76. The van der Waals surface area contributed by atoms with Crippen molar-refractivity contribution in [3.8, 4) is 0 Å². The lowest BCUT2D eigenvalue weighted by molar-refractivity contribution is 0.102. The predicted octanol–water partition coefficient (Wildman–Crippen LogP) is 4.88. The quantitative estimate of drug-likeness (QED) is 0.686. The van der Waals surface area contributed by atoms with Crippen molar-refractivity contribution in [3.63, 3.8) is 0 Å². The summed E-state index contributed by atoms with van der Waals surface area (Å²) in [6, 6.07) is 13.3. The summed E-state index contributed by atoms with van der Waals surface area (Å²) in [5.74, 6) is -0.0368. The first kappa shape index (κ1) is 17.8. The Bertz CT molecular complexity index is 960. The molecule has 0 bridgehead atoms. The van der Waals surface area contributed by atoms with E-state index in [0.717, 1.165) is 11.3 Å². The van der Waals surface area contributed by atoms with Crippen molar-refractivity contribution in [1.29, 1.82) is 0 Å². The summed E-state index contributed by atoms with van der Waals surface area (Å²) >= 11 is 5.73. The summed E-state index contributed by atoms with van der Waals surface area (Å²) in [7, 11) is 0. The Morgan fingerprint density at radius 1 is 1.00 bits per heavy atom. The predicted molar refractivity (Wildman–Crippen MR) is 101 cm³/mol. The van der Waals surface area contributed by atoms with Gasteiger partial charge in [-0.1, -0.05) is 29.3 Å². The fourth-order valence-electron chi connectivity index (χ4n) is 2.30. The maximum atomic E-state index is 13.2. The van der Waals surface area contributed by atoms with Crippen molar-refractivity contribution in [1.82, 2.24) is 9.97 Å². The molecule has 0 aliphatic heterocycles. The van der Waals surface area contributed by atoms with Gasteiger partial charge in [0.1, 0.15) is 23.2 Å². The number of hydrogen-bond acceptors (Lipinski definition) is 4. The smallest absolute Gasteiger partial charge is 0.274 e. The Morgan fingerprint density at radius 3 is 2.38 bits per heavy atom. The van der Waals surface area contributed by atoms with Gasteiger partial charge >= 0.3 is 0 Å². The molecule has 132 valence electrons. The summed E-state index contributed by atoms with van der Waals surface area (Å²) in [4.78, 5) is 20.9. The standard InChI is InChI=1S/C19H16ClFN4O/c1-11-3-5-13(6-4-11)24-18-10-17(22-12(2)23-18)19(26)25-14-7-8-16(21)15(20)9-14/h3-10H,1-2H3,(H,25,26)(H,22,23,24). The molecule has 3 aromatic rings. The third-order valence-electron chi connectivity index (χ3n) is 3.57. The Kier molecular flexibility index (Phi) is 5.14. The molecule has 0 fully saturated rings. The number of anilines is 3.